The largest absolute Gasteiger partial charge is 0.484 e. The Morgan fingerprint density at radius 2 is 2.18 bits per heavy atom. The quantitative estimate of drug-likeness (QED) is 0.661. The van der Waals surface area contributed by atoms with Crippen LogP contribution in [0.3, 0.4) is 0 Å². The second-order valence-corrected chi connectivity index (χ2v) is 8.37. The van der Waals surface area contributed by atoms with Gasteiger partial charge in [-0.1, -0.05) is 11.6 Å². The number of ether oxygens (including phenoxy) is 1. The van der Waals surface area contributed by atoms with Gasteiger partial charge in [-0.05, 0) is 44.2 Å². The highest BCUT2D eigenvalue weighted by atomic mass is 35.5. The van der Waals surface area contributed by atoms with Crippen LogP contribution in [0.15, 0.2) is 18.2 Å². The fourth-order valence-electron chi connectivity index (χ4n) is 4.45. The lowest BCUT2D eigenvalue weighted by molar-refractivity contribution is -0.129. The lowest BCUT2D eigenvalue weighted by Gasteiger charge is -2.39. The topological polar surface area (TPSA) is 88.7 Å². The zero-order valence-electron chi connectivity index (χ0n) is 15.5. The van der Waals surface area contributed by atoms with Crippen molar-refractivity contribution in [2.45, 2.75) is 43.9 Å². The molecule has 152 valence electrons. The molecule has 0 radical (unpaired) electrons. The van der Waals surface area contributed by atoms with Crippen molar-refractivity contribution in [1.82, 2.24) is 16.1 Å². The van der Waals surface area contributed by atoms with Crippen LogP contribution in [-0.2, 0) is 14.4 Å². The summed E-state index contributed by atoms with van der Waals surface area (Å²) in [6.07, 6.45) is 2.28. The minimum Gasteiger partial charge on any atom is -0.484 e. The lowest BCUT2D eigenvalue weighted by atomic mass is 9.76. The van der Waals surface area contributed by atoms with Crippen LogP contribution in [0.5, 0.6) is 5.75 Å². The molecule has 1 heterocycles. The van der Waals surface area contributed by atoms with Crippen molar-refractivity contribution in [2.75, 3.05) is 13.2 Å². The second kappa shape index (κ2) is 7.50. The number of hydrogen-bond acceptors (Lipinski definition) is 5. The normalized spacial score (nSPS) is 33.2. The summed E-state index contributed by atoms with van der Waals surface area (Å²) in [5.41, 5.74) is 2.53. The van der Waals surface area contributed by atoms with Crippen molar-refractivity contribution in [3.05, 3.63) is 29.0 Å². The van der Waals surface area contributed by atoms with Crippen molar-refractivity contribution in [3.63, 3.8) is 0 Å². The van der Waals surface area contributed by atoms with Gasteiger partial charge < -0.3 is 15.4 Å². The first-order chi connectivity index (χ1) is 13.3. The highest BCUT2D eigenvalue weighted by Crippen LogP contribution is 2.52. The lowest BCUT2D eigenvalue weighted by Crippen LogP contribution is -2.54. The molecule has 28 heavy (non-hydrogen) atoms. The monoisotopic (exact) mass is 411 g/mol. The van der Waals surface area contributed by atoms with Crippen molar-refractivity contribution >= 4 is 23.4 Å². The minimum absolute atomic E-state index is 0.00368. The number of hydroxylamine groups is 1. The smallest absolute Gasteiger partial charge is 0.258 e. The van der Waals surface area contributed by atoms with Gasteiger partial charge in [0.25, 0.3) is 5.91 Å². The summed E-state index contributed by atoms with van der Waals surface area (Å²) in [5.74, 6) is -0.459. The van der Waals surface area contributed by atoms with Crippen molar-refractivity contribution in [3.8, 4) is 5.75 Å². The number of halogens is 2. The predicted octanol–water partition coefficient (Wildman–Crippen LogP) is 1.55. The molecule has 2 amide bonds. The Morgan fingerprint density at radius 1 is 1.39 bits per heavy atom. The summed E-state index contributed by atoms with van der Waals surface area (Å²) >= 11 is 5.63. The van der Waals surface area contributed by atoms with Crippen LogP contribution in [0.2, 0.25) is 5.02 Å². The number of benzene rings is 1. The molecule has 4 fully saturated rings. The van der Waals surface area contributed by atoms with Gasteiger partial charge >= 0.3 is 0 Å². The summed E-state index contributed by atoms with van der Waals surface area (Å²) in [6.45, 7) is 2.18. The van der Waals surface area contributed by atoms with E-state index in [2.05, 4.69) is 16.1 Å². The first-order valence-corrected chi connectivity index (χ1v) is 9.81. The highest BCUT2D eigenvalue weighted by molar-refractivity contribution is 6.30. The number of amides is 2. The van der Waals surface area contributed by atoms with Crippen LogP contribution in [0, 0.1) is 17.7 Å². The Labute approximate surface area is 167 Å². The van der Waals surface area contributed by atoms with E-state index in [4.69, 9.17) is 21.2 Å². The van der Waals surface area contributed by atoms with E-state index >= 15 is 0 Å². The van der Waals surface area contributed by atoms with Crippen LogP contribution in [-0.4, -0.2) is 42.7 Å². The van der Waals surface area contributed by atoms with E-state index in [-0.39, 0.29) is 52.8 Å². The molecule has 5 rings (SSSR count). The van der Waals surface area contributed by atoms with Crippen LogP contribution in [0.25, 0.3) is 0 Å². The van der Waals surface area contributed by atoms with Crippen molar-refractivity contribution < 1.29 is 23.6 Å². The first-order valence-electron chi connectivity index (χ1n) is 9.43. The average molecular weight is 412 g/mol. The van der Waals surface area contributed by atoms with Crippen LogP contribution in [0.1, 0.15) is 26.2 Å². The molecule has 4 aliphatic rings. The summed E-state index contributed by atoms with van der Waals surface area (Å²) in [4.78, 5) is 29.9. The Hall–Kier alpha value is -1.90. The Balaban J connectivity index is 1.25. The third kappa shape index (κ3) is 3.81. The Bertz CT molecular complexity index is 786. The molecule has 0 aromatic heterocycles. The Morgan fingerprint density at radius 3 is 2.86 bits per heavy atom. The molecule has 2 bridgehead atoms. The van der Waals surface area contributed by atoms with Gasteiger partial charge in [0, 0.05) is 24.2 Å². The molecule has 0 spiro atoms. The predicted molar refractivity (Wildman–Crippen MR) is 99.1 cm³/mol. The molecule has 1 aromatic carbocycles. The molecular formula is C19H23ClFN3O4. The SMILES string of the molecule is CC1ONCC1C(=O)NC12CC(C1)C(NC(=O)COc1ccc(Cl)c(F)c1)C2. The third-order valence-corrected chi connectivity index (χ3v) is 6.26. The molecular weight excluding hydrogens is 389 g/mol. The number of nitrogens with one attached hydrogen (secondary N) is 3. The van der Waals surface area contributed by atoms with E-state index in [1.54, 1.807) is 0 Å². The van der Waals surface area contributed by atoms with Gasteiger partial charge in [0.05, 0.1) is 17.0 Å². The molecule has 3 N–H and O–H groups in total. The number of hydrogen-bond donors (Lipinski definition) is 3. The van der Waals surface area contributed by atoms with E-state index in [0.717, 1.165) is 18.9 Å². The third-order valence-electron chi connectivity index (χ3n) is 5.96. The maximum absolute atomic E-state index is 13.4. The molecule has 1 aliphatic heterocycles. The minimum atomic E-state index is -0.592. The van der Waals surface area contributed by atoms with Gasteiger partial charge in [-0.15, -0.1) is 0 Å². The van der Waals surface area contributed by atoms with Crippen LogP contribution < -0.4 is 20.9 Å². The number of carbonyl (C=O) groups excluding carboxylic acids is 2. The summed E-state index contributed by atoms with van der Waals surface area (Å²) in [6, 6.07) is 4.05. The molecule has 9 heteroatoms. The van der Waals surface area contributed by atoms with Gasteiger partial charge in [-0.2, -0.15) is 0 Å². The standard InChI is InChI=1S/C19H23ClFN3O4/c1-10-13(8-22-28-10)18(26)24-19-5-11(6-19)16(7-19)23-17(25)9-27-12-2-3-14(20)15(21)4-12/h2-4,10-11,13,16,22H,5-9H2,1H3,(H,23,25)(H,24,26). The fourth-order valence-corrected chi connectivity index (χ4v) is 4.56. The fraction of sp³-hybridized carbons (Fsp3) is 0.579. The van der Waals surface area contributed by atoms with Gasteiger partial charge in [0.15, 0.2) is 6.61 Å². The highest BCUT2D eigenvalue weighted by Gasteiger charge is 2.57. The maximum atomic E-state index is 13.4. The molecule has 1 aromatic rings. The number of carbonyl (C=O) groups is 2. The van der Waals surface area contributed by atoms with Crippen LogP contribution >= 0.6 is 11.6 Å². The van der Waals surface area contributed by atoms with Crippen molar-refractivity contribution in [2.24, 2.45) is 11.8 Å². The van der Waals surface area contributed by atoms with E-state index in [1.165, 1.54) is 12.1 Å². The second-order valence-electron chi connectivity index (χ2n) is 7.96. The van der Waals surface area contributed by atoms with Gasteiger partial charge in [-0.3, -0.25) is 14.4 Å². The molecule has 1 saturated heterocycles. The summed E-state index contributed by atoms with van der Waals surface area (Å²) in [7, 11) is 0. The molecule has 3 atom stereocenters. The van der Waals surface area contributed by atoms with Gasteiger partial charge in [0.1, 0.15) is 11.6 Å². The van der Waals surface area contributed by atoms with Crippen LogP contribution in [0.4, 0.5) is 4.39 Å². The number of fused-ring (bicyclic) bond motifs is 1. The maximum Gasteiger partial charge on any atom is 0.258 e. The summed E-state index contributed by atoms with van der Waals surface area (Å²) in [5, 5.41) is 6.15. The molecule has 3 saturated carbocycles. The molecule has 3 unspecified atom stereocenters. The van der Waals surface area contributed by atoms with E-state index < -0.39 is 5.82 Å². The van der Waals surface area contributed by atoms with E-state index in [1.807, 2.05) is 6.92 Å². The Kier molecular flexibility index (Phi) is 5.20. The summed E-state index contributed by atoms with van der Waals surface area (Å²) < 4.78 is 18.7. The molecule has 3 aliphatic carbocycles. The van der Waals surface area contributed by atoms with Gasteiger partial charge in [0.2, 0.25) is 5.91 Å². The first kappa shape index (κ1) is 19.4. The molecule has 7 nitrogen and oxygen atoms in total. The van der Waals surface area contributed by atoms with Crippen molar-refractivity contribution in [1.29, 1.82) is 0 Å². The zero-order chi connectivity index (χ0) is 19.9. The number of rotatable bonds is 6. The van der Waals surface area contributed by atoms with E-state index in [0.29, 0.717) is 18.9 Å². The average Bonchev–Trinajstić information content (AvgIpc) is 3.28. The zero-order valence-corrected chi connectivity index (χ0v) is 16.2. The van der Waals surface area contributed by atoms with Gasteiger partial charge in [-0.25, -0.2) is 9.87 Å². The van der Waals surface area contributed by atoms with E-state index in [9.17, 15) is 14.0 Å².